The molecule has 1 amide bonds. The summed E-state index contributed by atoms with van der Waals surface area (Å²) in [4.78, 5) is 33.6. The fourth-order valence-electron chi connectivity index (χ4n) is 3.57. The van der Waals surface area contributed by atoms with Gasteiger partial charge < -0.3 is 15.0 Å². The SMILES string of the molecule is CCOC(=O)c1nc(C(=O)N2CC(F)(F)CC2C)c(-c2cnc(NC(C)C(F)(F)F)cc2C(F)F)s1. The molecule has 0 spiro atoms. The zero-order valence-electron chi connectivity index (χ0n) is 19.1. The first kappa shape index (κ1) is 27.6. The van der Waals surface area contributed by atoms with E-state index in [9.17, 15) is 40.3 Å². The minimum atomic E-state index is -4.67. The summed E-state index contributed by atoms with van der Waals surface area (Å²) in [6, 6.07) is -2.32. The number of anilines is 1. The fourth-order valence-corrected chi connectivity index (χ4v) is 4.55. The van der Waals surface area contributed by atoms with E-state index in [0.717, 1.165) is 18.0 Å². The van der Waals surface area contributed by atoms with Gasteiger partial charge >= 0.3 is 12.1 Å². The summed E-state index contributed by atoms with van der Waals surface area (Å²) < 4.78 is 99.2. The summed E-state index contributed by atoms with van der Waals surface area (Å²) in [5.41, 5.74) is -1.72. The van der Waals surface area contributed by atoms with Crippen LogP contribution in [-0.2, 0) is 4.74 Å². The van der Waals surface area contributed by atoms with Gasteiger partial charge in [-0.1, -0.05) is 0 Å². The Labute approximate surface area is 204 Å². The summed E-state index contributed by atoms with van der Waals surface area (Å²) >= 11 is 0.510. The first-order valence-electron chi connectivity index (χ1n) is 10.6. The number of thiazole rings is 1. The smallest absolute Gasteiger partial charge is 0.408 e. The molecule has 2 aromatic rings. The number of aromatic nitrogens is 2. The van der Waals surface area contributed by atoms with Crippen LogP contribution < -0.4 is 5.32 Å². The van der Waals surface area contributed by atoms with E-state index >= 15 is 0 Å². The molecule has 2 atom stereocenters. The van der Waals surface area contributed by atoms with E-state index < -0.39 is 72.5 Å². The van der Waals surface area contributed by atoms with Crippen LogP contribution in [0.5, 0.6) is 0 Å². The first-order chi connectivity index (χ1) is 16.6. The average Bonchev–Trinajstić information content (AvgIpc) is 3.33. The lowest BCUT2D eigenvalue weighted by molar-refractivity contribution is -0.138. The van der Waals surface area contributed by atoms with E-state index in [1.165, 1.54) is 13.8 Å². The summed E-state index contributed by atoms with van der Waals surface area (Å²) in [7, 11) is 0. The molecule has 2 unspecified atom stereocenters. The van der Waals surface area contributed by atoms with Gasteiger partial charge in [-0.2, -0.15) is 13.2 Å². The normalized spacial score (nSPS) is 18.4. The standard InChI is InChI=1S/C21H21F7N4O3S/c1-4-35-19(34)17-31-14(18(33)32-8-20(24,25)6-9(32)2)15(36-17)12-7-29-13(5-11(12)16(22)23)30-10(3)21(26,27)28/h5,7,9-10,16H,4,6,8H2,1-3H3,(H,29,30). The number of amides is 1. The predicted octanol–water partition coefficient (Wildman–Crippen LogP) is 5.55. The Hall–Kier alpha value is -2.97. The number of esters is 1. The van der Waals surface area contributed by atoms with Crippen LogP contribution in [-0.4, -0.2) is 64.1 Å². The van der Waals surface area contributed by atoms with Gasteiger partial charge in [-0.05, 0) is 26.8 Å². The van der Waals surface area contributed by atoms with Crippen molar-refractivity contribution in [3.63, 3.8) is 0 Å². The molecular formula is C21H21F7N4O3S. The number of rotatable bonds is 7. The van der Waals surface area contributed by atoms with Crippen LogP contribution in [0.15, 0.2) is 12.3 Å². The van der Waals surface area contributed by atoms with Gasteiger partial charge in [0.15, 0.2) is 0 Å². The number of hydrogen-bond donors (Lipinski definition) is 1. The molecule has 0 saturated carbocycles. The number of alkyl halides is 7. The Morgan fingerprint density at radius 2 is 2.00 bits per heavy atom. The third-order valence-electron chi connectivity index (χ3n) is 5.34. The van der Waals surface area contributed by atoms with Crippen LogP contribution in [0.25, 0.3) is 10.4 Å². The van der Waals surface area contributed by atoms with Crippen LogP contribution in [0, 0.1) is 0 Å². The highest BCUT2D eigenvalue weighted by Gasteiger charge is 2.46. The van der Waals surface area contributed by atoms with Gasteiger partial charge in [-0.15, -0.1) is 11.3 Å². The minimum Gasteiger partial charge on any atom is -0.461 e. The highest BCUT2D eigenvalue weighted by atomic mass is 32.1. The molecule has 15 heteroatoms. The second kappa shape index (κ2) is 10.2. The minimum absolute atomic E-state index is 0.0615. The van der Waals surface area contributed by atoms with E-state index in [-0.39, 0.29) is 22.1 Å². The lowest BCUT2D eigenvalue weighted by Gasteiger charge is -2.21. The maximum absolute atomic E-state index is 14.0. The molecule has 0 aliphatic carbocycles. The van der Waals surface area contributed by atoms with Gasteiger partial charge in [-0.25, -0.2) is 32.3 Å². The van der Waals surface area contributed by atoms with Crippen molar-refractivity contribution >= 4 is 29.0 Å². The Morgan fingerprint density at radius 3 is 2.53 bits per heavy atom. The monoisotopic (exact) mass is 542 g/mol. The lowest BCUT2D eigenvalue weighted by Crippen LogP contribution is -2.35. The van der Waals surface area contributed by atoms with Crippen molar-refractivity contribution in [1.29, 1.82) is 0 Å². The second-order valence-electron chi connectivity index (χ2n) is 8.12. The molecule has 1 fully saturated rings. The number of ether oxygens (including phenoxy) is 1. The van der Waals surface area contributed by atoms with Crippen molar-refractivity contribution in [2.24, 2.45) is 0 Å². The fraction of sp³-hybridized carbons (Fsp3) is 0.524. The van der Waals surface area contributed by atoms with Gasteiger partial charge in [-0.3, -0.25) is 4.79 Å². The number of nitrogens with zero attached hydrogens (tertiary/aromatic N) is 3. The summed E-state index contributed by atoms with van der Waals surface area (Å²) in [5.74, 6) is -5.66. The quantitative estimate of drug-likeness (QED) is 0.365. The molecule has 0 aromatic carbocycles. The van der Waals surface area contributed by atoms with Gasteiger partial charge in [0.2, 0.25) is 5.01 Å². The molecule has 3 rings (SSSR count). The largest absolute Gasteiger partial charge is 0.461 e. The van der Waals surface area contributed by atoms with Crippen molar-refractivity contribution in [3.05, 3.63) is 28.5 Å². The van der Waals surface area contributed by atoms with Gasteiger partial charge in [0.05, 0.1) is 18.0 Å². The highest BCUT2D eigenvalue weighted by molar-refractivity contribution is 7.17. The molecule has 1 aliphatic heterocycles. The van der Waals surface area contributed by atoms with Gasteiger partial charge in [0.1, 0.15) is 17.6 Å². The van der Waals surface area contributed by atoms with Crippen LogP contribution >= 0.6 is 11.3 Å². The van der Waals surface area contributed by atoms with E-state index in [1.54, 1.807) is 0 Å². The Kier molecular flexibility index (Phi) is 7.81. The van der Waals surface area contributed by atoms with Crippen molar-refractivity contribution < 1.29 is 45.1 Å². The first-order valence-corrected chi connectivity index (χ1v) is 11.4. The third-order valence-corrected chi connectivity index (χ3v) is 6.41. The van der Waals surface area contributed by atoms with Crippen molar-refractivity contribution in [2.75, 3.05) is 18.5 Å². The molecule has 2 aromatic heterocycles. The van der Waals surface area contributed by atoms with Crippen molar-refractivity contribution in [1.82, 2.24) is 14.9 Å². The molecular weight excluding hydrogens is 521 g/mol. The van der Waals surface area contributed by atoms with Gasteiger partial charge in [0.25, 0.3) is 18.3 Å². The molecule has 1 saturated heterocycles. The van der Waals surface area contributed by atoms with Crippen LogP contribution in [0.2, 0.25) is 0 Å². The zero-order valence-corrected chi connectivity index (χ0v) is 19.9. The third kappa shape index (κ3) is 5.87. The summed E-state index contributed by atoms with van der Waals surface area (Å²) in [6.07, 6.45) is -7.71. The number of likely N-dealkylation sites (tertiary alicyclic amines) is 1. The summed E-state index contributed by atoms with van der Waals surface area (Å²) in [5, 5.41) is 1.59. The van der Waals surface area contributed by atoms with Crippen molar-refractivity contribution in [3.8, 4) is 10.4 Å². The molecule has 3 heterocycles. The number of nitrogens with one attached hydrogen (secondary N) is 1. The maximum atomic E-state index is 14.0. The van der Waals surface area contributed by atoms with Crippen LogP contribution in [0.4, 0.5) is 36.6 Å². The van der Waals surface area contributed by atoms with Gasteiger partial charge in [0, 0.05) is 29.8 Å². The summed E-state index contributed by atoms with van der Waals surface area (Å²) in [6.45, 7) is 2.66. The van der Waals surface area contributed by atoms with E-state index in [1.807, 2.05) is 5.32 Å². The number of pyridine rings is 1. The lowest BCUT2D eigenvalue weighted by atomic mass is 10.1. The van der Waals surface area contributed by atoms with E-state index in [4.69, 9.17) is 4.74 Å². The second-order valence-corrected chi connectivity index (χ2v) is 9.12. The molecule has 198 valence electrons. The van der Waals surface area contributed by atoms with Crippen molar-refractivity contribution in [2.45, 2.75) is 57.8 Å². The molecule has 1 N–H and O–H groups in total. The zero-order chi connectivity index (χ0) is 27.0. The molecule has 0 bridgehead atoms. The topological polar surface area (TPSA) is 84.4 Å². The highest BCUT2D eigenvalue weighted by Crippen LogP contribution is 2.40. The number of hydrogen-bond acceptors (Lipinski definition) is 7. The average molecular weight is 542 g/mol. The Balaban J connectivity index is 2.10. The van der Waals surface area contributed by atoms with E-state index in [0.29, 0.717) is 17.4 Å². The Morgan fingerprint density at radius 1 is 1.33 bits per heavy atom. The predicted molar refractivity (Wildman–Crippen MR) is 115 cm³/mol. The number of carbonyl (C=O) groups excluding carboxylic acids is 2. The Bertz CT molecular complexity index is 1140. The molecule has 36 heavy (non-hydrogen) atoms. The molecule has 0 radical (unpaired) electrons. The number of carbonyl (C=O) groups is 2. The van der Waals surface area contributed by atoms with Crippen LogP contribution in [0.1, 0.15) is 59.5 Å². The number of halogens is 7. The molecule has 1 aliphatic rings. The van der Waals surface area contributed by atoms with E-state index in [2.05, 4.69) is 9.97 Å². The maximum Gasteiger partial charge on any atom is 0.408 e. The molecule has 7 nitrogen and oxygen atoms in total. The van der Waals surface area contributed by atoms with Crippen LogP contribution in [0.3, 0.4) is 0 Å².